The smallest absolute Gasteiger partial charge is 0.416 e. The Morgan fingerprint density at radius 3 is 2.67 bits per heavy atom. The van der Waals surface area contributed by atoms with Crippen molar-refractivity contribution in [2.24, 2.45) is 11.8 Å². The molecule has 1 aliphatic heterocycles. The number of amides is 2. The zero-order valence-corrected chi connectivity index (χ0v) is 15.1. The molecule has 9 heteroatoms. The van der Waals surface area contributed by atoms with E-state index < -0.39 is 35.7 Å². The van der Waals surface area contributed by atoms with Crippen LogP contribution in [-0.2, 0) is 15.7 Å². The highest BCUT2D eigenvalue weighted by molar-refractivity contribution is 5.76. The van der Waals surface area contributed by atoms with Gasteiger partial charge in [0.25, 0.3) is 0 Å². The van der Waals surface area contributed by atoms with Crippen LogP contribution < -0.4 is 5.32 Å². The molecule has 1 fully saturated rings. The summed E-state index contributed by atoms with van der Waals surface area (Å²) >= 11 is 0. The topological polar surface area (TPSA) is 78.9 Å². The summed E-state index contributed by atoms with van der Waals surface area (Å²) in [7, 11) is 1.40. The summed E-state index contributed by atoms with van der Waals surface area (Å²) in [6.45, 7) is 2.31. The standard InChI is InChI=1S/C18H23F3N2O4/c1-11-9-23(7-6-14(11)16(24)25)17(26)22-15(10-27-2)12-4-3-5-13(8-12)18(19,20)21/h3-5,8,11,14-15H,6-7,9-10H2,1-2H3,(H,22,26)(H,24,25). The molecule has 2 N–H and O–H groups in total. The summed E-state index contributed by atoms with van der Waals surface area (Å²) in [5.41, 5.74) is -0.514. The fourth-order valence-corrected chi connectivity index (χ4v) is 3.26. The minimum absolute atomic E-state index is 0.00813. The van der Waals surface area contributed by atoms with Gasteiger partial charge in [-0.3, -0.25) is 4.79 Å². The highest BCUT2D eigenvalue weighted by Crippen LogP contribution is 2.31. The third-order valence-electron chi connectivity index (χ3n) is 4.76. The number of carbonyl (C=O) groups is 2. The highest BCUT2D eigenvalue weighted by Gasteiger charge is 2.34. The average molecular weight is 388 g/mol. The molecule has 1 aromatic carbocycles. The second-order valence-electron chi connectivity index (χ2n) is 6.74. The zero-order chi connectivity index (χ0) is 20.2. The lowest BCUT2D eigenvalue weighted by molar-refractivity contribution is -0.145. The van der Waals surface area contributed by atoms with Crippen molar-refractivity contribution in [2.75, 3.05) is 26.8 Å². The van der Waals surface area contributed by atoms with Gasteiger partial charge in [0.2, 0.25) is 0 Å². The third-order valence-corrected chi connectivity index (χ3v) is 4.76. The summed E-state index contributed by atoms with van der Waals surface area (Å²) < 4.78 is 43.9. The van der Waals surface area contributed by atoms with E-state index in [9.17, 15) is 22.8 Å². The maximum absolute atomic E-state index is 12.9. The monoisotopic (exact) mass is 388 g/mol. The van der Waals surface area contributed by atoms with Gasteiger partial charge < -0.3 is 20.1 Å². The first-order valence-corrected chi connectivity index (χ1v) is 8.57. The predicted octanol–water partition coefficient (Wildman–Crippen LogP) is 3.15. The van der Waals surface area contributed by atoms with Gasteiger partial charge in [-0.1, -0.05) is 19.1 Å². The average Bonchev–Trinajstić information content (AvgIpc) is 2.60. The van der Waals surface area contributed by atoms with Crippen LogP contribution in [-0.4, -0.2) is 48.8 Å². The van der Waals surface area contributed by atoms with Crippen molar-refractivity contribution in [3.8, 4) is 0 Å². The van der Waals surface area contributed by atoms with Gasteiger partial charge in [-0.05, 0) is 30.0 Å². The van der Waals surface area contributed by atoms with Gasteiger partial charge in [0.05, 0.1) is 24.1 Å². The number of urea groups is 1. The number of nitrogens with one attached hydrogen (secondary N) is 1. The van der Waals surface area contributed by atoms with E-state index in [2.05, 4.69) is 5.32 Å². The fraction of sp³-hybridized carbons (Fsp3) is 0.556. The van der Waals surface area contributed by atoms with E-state index in [0.717, 1.165) is 12.1 Å². The van der Waals surface area contributed by atoms with Crippen LogP contribution in [0.4, 0.5) is 18.0 Å². The second kappa shape index (κ2) is 8.60. The van der Waals surface area contributed by atoms with Crippen molar-refractivity contribution in [3.63, 3.8) is 0 Å². The molecule has 0 aromatic heterocycles. The van der Waals surface area contributed by atoms with Crippen LogP contribution >= 0.6 is 0 Å². The number of rotatable bonds is 5. The molecular formula is C18H23F3N2O4. The normalized spacial score (nSPS) is 21.6. The number of carboxylic acid groups (broad SMARTS) is 1. The molecule has 0 bridgehead atoms. The number of halogens is 3. The Morgan fingerprint density at radius 2 is 2.11 bits per heavy atom. The van der Waals surface area contributed by atoms with Crippen molar-refractivity contribution in [3.05, 3.63) is 35.4 Å². The first kappa shape index (κ1) is 21.0. The lowest BCUT2D eigenvalue weighted by Crippen LogP contribution is -2.50. The summed E-state index contributed by atoms with van der Waals surface area (Å²) in [5, 5.41) is 11.9. The van der Waals surface area contributed by atoms with Crippen LogP contribution in [0.2, 0.25) is 0 Å². The van der Waals surface area contributed by atoms with Crippen LogP contribution in [0.3, 0.4) is 0 Å². The number of methoxy groups -OCH3 is 1. The van der Waals surface area contributed by atoms with Crippen LogP contribution in [0.1, 0.15) is 30.5 Å². The van der Waals surface area contributed by atoms with Crippen molar-refractivity contribution < 1.29 is 32.6 Å². The Kier molecular flexibility index (Phi) is 6.69. The molecule has 0 spiro atoms. The van der Waals surface area contributed by atoms with E-state index in [1.54, 1.807) is 6.92 Å². The first-order chi connectivity index (χ1) is 12.6. The van der Waals surface area contributed by atoms with E-state index in [1.807, 2.05) is 0 Å². The minimum Gasteiger partial charge on any atom is -0.481 e. The molecule has 1 aliphatic rings. The first-order valence-electron chi connectivity index (χ1n) is 8.57. The van der Waals surface area contributed by atoms with Crippen molar-refractivity contribution in [1.29, 1.82) is 0 Å². The maximum atomic E-state index is 12.9. The molecule has 2 rings (SSSR count). The van der Waals surface area contributed by atoms with Gasteiger partial charge in [0.15, 0.2) is 0 Å². The molecule has 0 aliphatic carbocycles. The Labute approximate surface area is 155 Å². The number of nitrogens with zero attached hydrogens (tertiary/aromatic N) is 1. The molecule has 1 saturated heterocycles. The van der Waals surface area contributed by atoms with Gasteiger partial charge in [0, 0.05) is 20.2 Å². The number of aliphatic carboxylic acids is 1. The van der Waals surface area contributed by atoms with Gasteiger partial charge in [-0.15, -0.1) is 0 Å². The summed E-state index contributed by atoms with van der Waals surface area (Å²) in [4.78, 5) is 25.2. The predicted molar refractivity (Wildman–Crippen MR) is 91.1 cm³/mol. The van der Waals surface area contributed by atoms with Gasteiger partial charge in [0.1, 0.15) is 0 Å². The number of alkyl halides is 3. The number of carboxylic acids is 1. The number of ether oxygens (including phenoxy) is 1. The number of likely N-dealkylation sites (tertiary alicyclic amines) is 1. The fourth-order valence-electron chi connectivity index (χ4n) is 3.26. The molecule has 2 amide bonds. The van der Waals surface area contributed by atoms with E-state index in [-0.39, 0.29) is 31.2 Å². The largest absolute Gasteiger partial charge is 0.481 e. The molecule has 1 heterocycles. The van der Waals surface area contributed by atoms with E-state index in [1.165, 1.54) is 24.1 Å². The van der Waals surface area contributed by atoms with Gasteiger partial charge in [-0.2, -0.15) is 13.2 Å². The van der Waals surface area contributed by atoms with Crippen LogP contribution in [0.15, 0.2) is 24.3 Å². The van der Waals surface area contributed by atoms with E-state index >= 15 is 0 Å². The molecule has 6 nitrogen and oxygen atoms in total. The van der Waals surface area contributed by atoms with Crippen LogP contribution in [0.25, 0.3) is 0 Å². The third kappa shape index (κ3) is 5.35. The lowest BCUT2D eigenvalue weighted by atomic mass is 9.87. The molecule has 150 valence electrons. The van der Waals surface area contributed by atoms with Crippen molar-refractivity contribution in [1.82, 2.24) is 10.2 Å². The number of hydrogen-bond acceptors (Lipinski definition) is 3. The number of carbonyl (C=O) groups excluding carboxylic acids is 1. The second-order valence-corrected chi connectivity index (χ2v) is 6.74. The van der Waals surface area contributed by atoms with Gasteiger partial charge >= 0.3 is 18.2 Å². The minimum atomic E-state index is -4.48. The number of hydrogen-bond donors (Lipinski definition) is 2. The summed E-state index contributed by atoms with van der Waals surface area (Å²) in [5.74, 6) is -1.60. The van der Waals surface area contributed by atoms with Gasteiger partial charge in [-0.25, -0.2) is 4.79 Å². The SMILES string of the molecule is COCC(NC(=O)N1CCC(C(=O)O)C(C)C1)c1cccc(C(F)(F)F)c1. The Hall–Kier alpha value is -2.29. The number of benzene rings is 1. The van der Waals surface area contributed by atoms with Crippen LogP contribution in [0.5, 0.6) is 0 Å². The van der Waals surface area contributed by atoms with Crippen molar-refractivity contribution in [2.45, 2.75) is 25.6 Å². The Balaban J connectivity index is 2.10. The summed E-state index contributed by atoms with van der Waals surface area (Å²) in [6, 6.07) is 3.53. The van der Waals surface area contributed by atoms with E-state index in [0.29, 0.717) is 6.42 Å². The maximum Gasteiger partial charge on any atom is 0.416 e. The molecule has 1 aromatic rings. The highest BCUT2D eigenvalue weighted by atomic mass is 19.4. The Morgan fingerprint density at radius 1 is 1.41 bits per heavy atom. The molecule has 3 atom stereocenters. The molecule has 0 radical (unpaired) electrons. The van der Waals surface area contributed by atoms with Crippen LogP contribution in [0, 0.1) is 11.8 Å². The molecule has 27 heavy (non-hydrogen) atoms. The molecule has 0 saturated carbocycles. The molecular weight excluding hydrogens is 365 g/mol. The van der Waals surface area contributed by atoms with Crippen molar-refractivity contribution >= 4 is 12.0 Å². The zero-order valence-electron chi connectivity index (χ0n) is 15.1. The molecule has 3 unspecified atom stereocenters. The van der Waals surface area contributed by atoms with E-state index in [4.69, 9.17) is 9.84 Å². The Bertz CT molecular complexity index is 681. The summed E-state index contributed by atoms with van der Waals surface area (Å²) in [6.07, 6.45) is -4.14. The lowest BCUT2D eigenvalue weighted by Gasteiger charge is -2.35. The number of piperidine rings is 1. The quantitative estimate of drug-likeness (QED) is 0.812.